The average molecular weight is 395 g/mol. The zero-order valence-corrected chi connectivity index (χ0v) is 15.8. The fourth-order valence-electron chi connectivity index (χ4n) is 4.12. The molecule has 0 aliphatic carbocycles. The van der Waals surface area contributed by atoms with Crippen LogP contribution in [0.4, 0.5) is 14.6 Å². The number of alkyl halides is 2. The van der Waals surface area contributed by atoms with E-state index in [4.69, 9.17) is 0 Å². The number of anilines is 1. The topological polar surface area (TPSA) is 72.1 Å². The van der Waals surface area contributed by atoms with Crippen molar-refractivity contribution in [1.82, 2.24) is 29.5 Å². The summed E-state index contributed by atoms with van der Waals surface area (Å²) in [6, 6.07) is 9.35. The van der Waals surface area contributed by atoms with Gasteiger partial charge in [-0.25, -0.2) is 28.2 Å². The van der Waals surface area contributed by atoms with Gasteiger partial charge in [0.05, 0.1) is 11.2 Å². The third-order valence-electron chi connectivity index (χ3n) is 5.68. The van der Waals surface area contributed by atoms with Gasteiger partial charge in [0.15, 0.2) is 0 Å². The normalized spacial score (nSPS) is 20.1. The lowest BCUT2D eigenvalue weighted by Gasteiger charge is -2.38. The van der Waals surface area contributed by atoms with Crippen LogP contribution in [0.15, 0.2) is 43.0 Å². The summed E-state index contributed by atoms with van der Waals surface area (Å²) in [5.74, 6) is 1.35. The number of halogens is 2. The fourth-order valence-corrected chi connectivity index (χ4v) is 4.12. The minimum atomic E-state index is -2.66. The van der Waals surface area contributed by atoms with Crippen LogP contribution in [-0.2, 0) is 0 Å². The standard InChI is InChI=1S/C20H19F2N7/c1-12-6-7-28(19-13-4-2-3-5-15(13)23-10-24-19)9-14(12)17-8-16(18(21)22)27-20-25-11-26-29(17)20/h2-5,8,10-12,14,18H,6-7,9H2,1H3/t12-,14?/m1/s1. The van der Waals surface area contributed by atoms with Gasteiger partial charge in [0.25, 0.3) is 12.2 Å². The molecule has 0 N–H and O–H groups in total. The van der Waals surface area contributed by atoms with Gasteiger partial charge in [-0.2, -0.15) is 10.1 Å². The predicted molar refractivity (Wildman–Crippen MR) is 104 cm³/mol. The molecule has 4 heterocycles. The Morgan fingerprint density at radius 3 is 2.83 bits per heavy atom. The van der Waals surface area contributed by atoms with Gasteiger partial charge in [-0.1, -0.05) is 19.1 Å². The predicted octanol–water partition coefficient (Wildman–Crippen LogP) is 3.64. The number of piperidine rings is 1. The quantitative estimate of drug-likeness (QED) is 0.527. The molecule has 9 heteroatoms. The van der Waals surface area contributed by atoms with E-state index in [-0.39, 0.29) is 17.4 Å². The number of hydrogen-bond acceptors (Lipinski definition) is 6. The van der Waals surface area contributed by atoms with E-state index in [9.17, 15) is 8.78 Å². The van der Waals surface area contributed by atoms with Crippen LogP contribution in [0.25, 0.3) is 16.7 Å². The van der Waals surface area contributed by atoms with Crippen molar-refractivity contribution in [1.29, 1.82) is 0 Å². The molecule has 2 atom stereocenters. The van der Waals surface area contributed by atoms with Crippen LogP contribution in [-0.4, -0.2) is 42.6 Å². The highest BCUT2D eigenvalue weighted by Gasteiger charge is 2.32. The Morgan fingerprint density at radius 2 is 1.97 bits per heavy atom. The van der Waals surface area contributed by atoms with Gasteiger partial charge in [-0.15, -0.1) is 0 Å². The number of nitrogens with zero attached hydrogens (tertiary/aromatic N) is 7. The zero-order valence-electron chi connectivity index (χ0n) is 15.8. The zero-order chi connectivity index (χ0) is 20.0. The van der Waals surface area contributed by atoms with Gasteiger partial charge in [-0.3, -0.25) is 0 Å². The maximum atomic E-state index is 13.4. The van der Waals surface area contributed by atoms with E-state index >= 15 is 0 Å². The Labute approximate surface area is 165 Å². The molecule has 3 aromatic heterocycles. The molecule has 1 saturated heterocycles. The van der Waals surface area contributed by atoms with E-state index in [0.29, 0.717) is 18.2 Å². The largest absolute Gasteiger partial charge is 0.355 e. The molecular formula is C20H19F2N7. The Kier molecular flexibility index (Phi) is 4.30. The molecule has 0 spiro atoms. The van der Waals surface area contributed by atoms with E-state index in [1.165, 1.54) is 12.4 Å². The van der Waals surface area contributed by atoms with E-state index in [1.54, 1.807) is 10.8 Å². The SMILES string of the molecule is C[C@@H]1CCN(c2ncnc3ccccc23)CC1c1cc(C(F)F)nc2ncnn12. The fraction of sp³-hybridized carbons (Fsp3) is 0.350. The molecule has 1 aromatic carbocycles. The second kappa shape index (κ2) is 6.98. The molecule has 1 aliphatic heterocycles. The van der Waals surface area contributed by atoms with E-state index in [2.05, 4.69) is 36.9 Å². The average Bonchev–Trinajstić information content (AvgIpc) is 3.22. The molecule has 1 unspecified atom stereocenters. The molecular weight excluding hydrogens is 376 g/mol. The van der Waals surface area contributed by atoms with E-state index in [0.717, 1.165) is 29.7 Å². The lowest BCUT2D eigenvalue weighted by atomic mass is 9.84. The van der Waals surface area contributed by atoms with Crippen LogP contribution in [0.2, 0.25) is 0 Å². The van der Waals surface area contributed by atoms with E-state index in [1.807, 2.05) is 24.3 Å². The first-order valence-corrected chi connectivity index (χ1v) is 9.55. The van der Waals surface area contributed by atoms with Gasteiger partial charge in [0.2, 0.25) is 0 Å². The summed E-state index contributed by atoms with van der Waals surface area (Å²) in [4.78, 5) is 19.1. The smallest absolute Gasteiger partial charge is 0.280 e. The number of hydrogen-bond donors (Lipinski definition) is 0. The lowest BCUT2D eigenvalue weighted by molar-refractivity contribution is 0.146. The first kappa shape index (κ1) is 17.8. The van der Waals surface area contributed by atoms with Crippen molar-refractivity contribution in [3.63, 3.8) is 0 Å². The van der Waals surface area contributed by atoms with Crippen molar-refractivity contribution in [2.24, 2.45) is 5.92 Å². The number of fused-ring (bicyclic) bond motifs is 2. The summed E-state index contributed by atoms with van der Waals surface area (Å²) in [6.45, 7) is 3.63. The van der Waals surface area contributed by atoms with Crippen molar-refractivity contribution in [3.8, 4) is 0 Å². The van der Waals surface area contributed by atoms with Crippen LogP contribution in [0, 0.1) is 5.92 Å². The molecule has 1 aliphatic rings. The second-order valence-corrected chi connectivity index (χ2v) is 7.41. The molecule has 0 radical (unpaired) electrons. The summed E-state index contributed by atoms with van der Waals surface area (Å²) in [7, 11) is 0. The number of rotatable bonds is 3. The van der Waals surface area contributed by atoms with Crippen LogP contribution in [0.1, 0.15) is 37.1 Å². The molecule has 0 bridgehead atoms. The molecule has 0 saturated carbocycles. The summed E-state index contributed by atoms with van der Waals surface area (Å²) in [5.41, 5.74) is 1.32. The Balaban J connectivity index is 1.58. The van der Waals surface area contributed by atoms with Crippen molar-refractivity contribution < 1.29 is 8.78 Å². The third kappa shape index (κ3) is 3.06. The molecule has 5 rings (SSSR count). The summed E-state index contributed by atoms with van der Waals surface area (Å²) in [5, 5.41) is 5.21. The van der Waals surface area contributed by atoms with E-state index < -0.39 is 6.43 Å². The summed E-state index contributed by atoms with van der Waals surface area (Å²) < 4.78 is 28.4. The van der Waals surface area contributed by atoms with Crippen LogP contribution in [0.3, 0.4) is 0 Å². The van der Waals surface area contributed by atoms with Gasteiger partial charge in [0.1, 0.15) is 24.2 Å². The molecule has 1 fully saturated rings. The maximum Gasteiger partial charge on any atom is 0.280 e. The van der Waals surface area contributed by atoms with Crippen LogP contribution in [0.5, 0.6) is 0 Å². The van der Waals surface area contributed by atoms with Gasteiger partial charge in [0, 0.05) is 24.4 Å². The Hall–Kier alpha value is -3.23. The molecule has 4 aromatic rings. The monoisotopic (exact) mass is 395 g/mol. The van der Waals surface area contributed by atoms with Gasteiger partial charge >= 0.3 is 0 Å². The van der Waals surface area contributed by atoms with Crippen molar-refractivity contribution in [3.05, 3.63) is 54.4 Å². The molecule has 29 heavy (non-hydrogen) atoms. The highest BCUT2D eigenvalue weighted by atomic mass is 19.3. The summed E-state index contributed by atoms with van der Waals surface area (Å²) in [6.07, 6.45) is 1.17. The van der Waals surface area contributed by atoms with Crippen molar-refractivity contribution in [2.75, 3.05) is 18.0 Å². The summed E-state index contributed by atoms with van der Waals surface area (Å²) >= 11 is 0. The first-order valence-electron chi connectivity index (χ1n) is 9.55. The molecule has 0 amide bonds. The number of para-hydroxylation sites is 1. The minimum absolute atomic E-state index is 0.0119. The highest BCUT2D eigenvalue weighted by Crippen LogP contribution is 2.36. The lowest BCUT2D eigenvalue weighted by Crippen LogP contribution is -2.39. The minimum Gasteiger partial charge on any atom is -0.355 e. The highest BCUT2D eigenvalue weighted by molar-refractivity contribution is 5.89. The number of benzene rings is 1. The molecule has 7 nitrogen and oxygen atoms in total. The Morgan fingerprint density at radius 1 is 1.10 bits per heavy atom. The molecule has 148 valence electrons. The number of aromatic nitrogens is 6. The van der Waals surface area contributed by atoms with Crippen LogP contribution < -0.4 is 4.90 Å². The first-order chi connectivity index (χ1) is 14.1. The van der Waals surface area contributed by atoms with Gasteiger partial charge < -0.3 is 4.90 Å². The Bertz CT molecular complexity index is 1170. The van der Waals surface area contributed by atoms with Crippen LogP contribution >= 0.6 is 0 Å². The van der Waals surface area contributed by atoms with Crippen molar-refractivity contribution >= 4 is 22.5 Å². The maximum absolute atomic E-state index is 13.4. The van der Waals surface area contributed by atoms with Crippen molar-refractivity contribution in [2.45, 2.75) is 25.7 Å². The second-order valence-electron chi connectivity index (χ2n) is 7.41. The third-order valence-corrected chi connectivity index (χ3v) is 5.68. The van der Waals surface area contributed by atoms with Gasteiger partial charge in [-0.05, 0) is 30.5 Å².